The second-order valence-corrected chi connectivity index (χ2v) is 7.01. The summed E-state index contributed by atoms with van der Waals surface area (Å²) >= 11 is 3.57. The summed E-state index contributed by atoms with van der Waals surface area (Å²) in [5.74, 6) is 0.838. The first-order valence-electron chi connectivity index (χ1n) is 7.84. The van der Waals surface area contributed by atoms with Gasteiger partial charge in [-0.15, -0.1) is 0 Å². The molecular weight excluding hydrogens is 366 g/mol. The highest BCUT2D eigenvalue weighted by molar-refractivity contribution is 9.10. The molecule has 0 spiro atoms. The van der Waals surface area contributed by atoms with E-state index in [-0.39, 0.29) is 6.17 Å². The van der Waals surface area contributed by atoms with Crippen molar-refractivity contribution < 1.29 is 4.74 Å². The normalized spacial score (nSPS) is 15.4. The van der Waals surface area contributed by atoms with Crippen LogP contribution in [0.4, 0.5) is 5.69 Å². The van der Waals surface area contributed by atoms with E-state index in [9.17, 15) is 0 Å². The van der Waals surface area contributed by atoms with Crippen LogP contribution >= 0.6 is 15.9 Å². The molecule has 4 rings (SSSR count). The number of benzene rings is 2. The molecule has 1 N–H and O–H groups in total. The van der Waals surface area contributed by atoms with Crippen LogP contribution < -0.4 is 10.1 Å². The van der Waals surface area contributed by atoms with Crippen molar-refractivity contribution in [3.8, 4) is 17.0 Å². The van der Waals surface area contributed by atoms with Gasteiger partial charge < -0.3 is 10.1 Å². The molecule has 0 unspecified atom stereocenters. The highest BCUT2D eigenvalue weighted by Crippen LogP contribution is 2.41. The number of aromatic nitrogens is 2. The van der Waals surface area contributed by atoms with Crippen molar-refractivity contribution >= 4 is 21.6 Å². The van der Waals surface area contributed by atoms with E-state index in [1.807, 2.05) is 23.7 Å². The fourth-order valence-electron chi connectivity index (χ4n) is 3.25. The second-order valence-electron chi connectivity index (χ2n) is 6.10. The van der Waals surface area contributed by atoms with Crippen molar-refractivity contribution in [1.29, 1.82) is 0 Å². The minimum atomic E-state index is -0.114. The van der Waals surface area contributed by atoms with Gasteiger partial charge in [-0.3, -0.25) is 0 Å². The second kappa shape index (κ2) is 5.67. The maximum absolute atomic E-state index is 5.58. The molecule has 2 aromatic carbocycles. The van der Waals surface area contributed by atoms with Crippen molar-refractivity contribution in [3.63, 3.8) is 0 Å². The molecule has 4 nitrogen and oxygen atoms in total. The molecule has 1 aromatic heterocycles. The standard InChI is InChI=1S/C19H18BrN3O/c1-11-4-6-16-14(8-11)17-9-12(2)22-23(17)19(21-16)15-10-13(20)5-7-18(15)24-3/h4-10,19,21H,1-3H3/t19-/m1/s1. The Morgan fingerprint density at radius 3 is 2.75 bits per heavy atom. The van der Waals surface area contributed by atoms with Gasteiger partial charge in [0.05, 0.1) is 18.5 Å². The Kier molecular flexibility index (Phi) is 3.61. The van der Waals surface area contributed by atoms with E-state index in [4.69, 9.17) is 9.84 Å². The van der Waals surface area contributed by atoms with Crippen LogP contribution in [0.25, 0.3) is 11.3 Å². The van der Waals surface area contributed by atoms with Crippen molar-refractivity contribution in [2.45, 2.75) is 20.0 Å². The molecule has 1 aliphatic rings. The molecule has 24 heavy (non-hydrogen) atoms. The third-order valence-corrected chi connectivity index (χ3v) is 4.83. The Balaban J connectivity index is 1.93. The van der Waals surface area contributed by atoms with Crippen LogP contribution in [0.1, 0.15) is 23.0 Å². The summed E-state index contributed by atoms with van der Waals surface area (Å²) in [5, 5.41) is 8.34. The van der Waals surface area contributed by atoms with Gasteiger partial charge in [-0.05, 0) is 50.2 Å². The Morgan fingerprint density at radius 1 is 1.12 bits per heavy atom. The summed E-state index contributed by atoms with van der Waals surface area (Å²) < 4.78 is 8.64. The molecule has 3 aromatic rings. The molecule has 2 heterocycles. The van der Waals surface area contributed by atoms with Crippen LogP contribution in [-0.4, -0.2) is 16.9 Å². The smallest absolute Gasteiger partial charge is 0.150 e. The van der Waals surface area contributed by atoms with Gasteiger partial charge in [-0.2, -0.15) is 5.10 Å². The highest BCUT2D eigenvalue weighted by Gasteiger charge is 2.28. The lowest BCUT2D eigenvalue weighted by Crippen LogP contribution is -2.26. The van der Waals surface area contributed by atoms with Gasteiger partial charge in [-0.25, -0.2) is 4.68 Å². The van der Waals surface area contributed by atoms with Crippen LogP contribution in [-0.2, 0) is 0 Å². The molecule has 0 amide bonds. The molecule has 0 bridgehead atoms. The summed E-state index contributed by atoms with van der Waals surface area (Å²) in [6.07, 6.45) is -0.114. The van der Waals surface area contributed by atoms with Crippen molar-refractivity contribution in [1.82, 2.24) is 9.78 Å². The third-order valence-electron chi connectivity index (χ3n) is 4.33. The summed E-state index contributed by atoms with van der Waals surface area (Å²) in [7, 11) is 1.70. The van der Waals surface area contributed by atoms with Gasteiger partial charge in [0, 0.05) is 21.3 Å². The van der Waals surface area contributed by atoms with Crippen LogP contribution in [0.3, 0.4) is 0 Å². The van der Waals surface area contributed by atoms with Crippen LogP contribution in [0.15, 0.2) is 46.9 Å². The number of fused-ring (bicyclic) bond motifs is 3. The van der Waals surface area contributed by atoms with E-state index in [0.717, 1.165) is 32.9 Å². The molecule has 0 radical (unpaired) electrons. The molecule has 0 saturated heterocycles. The molecule has 0 fully saturated rings. The minimum Gasteiger partial charge on any atom is -0.496 e. The number of anilines is 1. The summed E-state index contributed by atoms with van der Waals surface area (Å²) in [6, 6.07) is 14.6. The zero-order chi connectivity index (χ0) is 16.8. The SMILES string of the molecule is COc1ccc(Br)cc1[C@@H]1Nc2ccc(C)cc2-c2cc(C)nn21. The number of nitrogens with one attached hydrogen (secondary N) is 1. The zero-order valence-corrected chi connectivity index (χ0v) is 15.4. The molecular formula is C19H18BrN3O. The van der Waals surface area contributed by atoms with Gasteiger partial charge in [0.1, 0.15) is 5.75 Å². The lowest BCUT2D eigenvalue weighted by Gasteiger charge is -2.30. The lowest BCUT2D eigenvalue weighted by atomic mass is 10.0. The number of nitrogens with zero attached hydrogens (tertiary/aromatic N) is 2. The number of hydrogen-bond donors (Lipinski definition) is 1. The minimum absolute atomic E-state index is 0.114. The molecule has 1 aliphatic heterocycles. The Labute approximate surface area is 149 Å². The molecule has 122 valence electrons. The van der Waals surface area contributed by atoms with E-state index in [1.165, 1.54) is 11.1 Å². The lowest BCUT2D eigenvalue weighted by molar-refractivity contribution is 0.401. The van der Waals surface area contributed by atoms with Gasteiger partial charge in [0.25, 0.3) is 0 Å². The zero-order valence-electron chi connectivity index (χ0n) is 13.8. The molecule has 1 atom stereocenters. The first-order chi connectivity index (χ1) is 11.6. The topological polar surface area (TPSA) is 39.1 Å². The fourth-order valence-corrected chi connectivity index (χ4v) is 3.63. The van der Waals surface area contributed by atoms with Crippen molar-refractivity contribution in [2.75, 3.05) is 12.4 Å². The van der Waals surface area contributed by atoms with E-state index in [0.29, 0.717) is 0 Å². The van der Waals surface area contributed by atoms with Crippen molar-refractivity contribution in [2.24, 2.45) is 0 Å². The maximum Gasteiger partial charge on any atom is 0.150 e. The van der Waals surface area contributed by atoms with Crippen molar-refractivity contribution in [3.05, 3.63) is 63.8 Å². The quantitative estimate of drug-likeness (QED) is 0.682. The predicted molar refractivity (Wildman–Crippen MR) is 99.6 cm³/mol. The van der Waals surface area contributed by atoms with E-state index < -0.39 is 0 Å². The van der Waals surface area contributed by atoms with E-state index in [1.54, 1.807) is 7.11 Å². The average molecular weight is 384 g/mol. The number of aryl methyl sites for hydroxylation is 2. The van der Waals surface area contributed by atoms with E-state index >= 15 is 0 Å². The number of methoxy groups -OCH3 is 1. The Hall–Kier alpha value is -2.27. The maximum atomic E-state index is 5.58. The number of halogens is 1. The van der Waals surface area contributed by atoms with Gasteiger partial charge >= 0.3 is 0 Å². The van der Waals surface area contributed by atoms with Crippen LogP contribution in [0, 0.1) is 13.8 Å². The summed E-state index contributed by atoms with van der Waals surface area (Å²) in [5.41, 5.74) is 6.69. The third kappa shape index (κ3) is 2.40. The number of rotatable bonds is 2. The van der Waals surface area contributed by atoms with Gasteiger partial charge in [0.15, 0.2) is 6.17 Å². The predicted octanol–water partition coefficient (Wildman–Crippen LogP) is 4.91. The first kappa shape index (κ1) is 15.3. The summed E-state index contributed by atoms with van der Waals surface area (Å²) in [6.45, 7) is 4.13. The van der Waals surface area contributed by atoms with Gasteiger partial charge in [-0.1, -0.05) is 27.6 Å². The highest BCUT2D eigenvalue weighted by atomic mass is 79.9. The number of hydrogen-bond acceptors (Lipinski definition) is 3. The Morgan fingerprint density at radius 2 is 1.96 bits per heavy atom. The number of ether oxygens (including phenoxy) is 1. The molecule has 5 heteroatoms. The first-order valence-corrected chi connectivity index (χ1v) is 8.63. The molecule has 0 aliphatic carbocycles. The average Bonchev–Trinajstić information content (AvgIpc) is 2.96. The van der Waals surface area contributed by atoms with Crippen LogP contribution in [0.2, 0.25) is 0 Å². The fraction of sp³-hybridized carbons (Fsp3) is 0.211. The summed E-state index contributed by atoms with van der Waals surface area (Å²) in [4.78, 5) is 0. The molecule has 0 saturated carbocycles. The monoisotopic (exact) mass is 383 g/mol. The Bertz CT molecular complexity index is 932. The largest absolute Gasteiger partial charge is 0.496 e. The van der Waals surface area contributed by atoms with Crippen LogP contribution in [0.5, 0.6) is 5.75 Å². The van der Waals surface area contributed by atoms with E-state index in [2.05, 4.69) is 58.5 Å². The van der Waals surface area contributed by atoms with Gasteiger partial charge in [0.2, 0.25) is 0 Å².